The fourth-order valence-corrected chi connectivity index (χ4v) is 1.59. The summed E-state index contributed by atoms with van der Waals surface area (Å²) in [5.41, 5.74) is 1.26. The van der Waals surface area contributed by atoms with Crippen molar-refractivity contribution in [2.24, 2.45) is 0 Å². The molecule has 1 aromatic carbocycles. The standard InChI is InChI=1S/C11H15BrO/c1-3-11(13-4-2)9-5-7-10(12)8-6-9/h5-8,11H,3-4H2,1-2H3/t11-/m0/s1. The number of ether oxygens (including phenoxy) is 1. The molecule has 1 atom stereocenters. The van der Waals surface area contributed by atoms with Crippen molar-refractivity contribution in [3.63, 3.8) is 0 Å². The molecule has 0 aliphatic rings. The van der Waals surface area contributed by atoms with Crippen LogP contribution >= 0.6 is 15.9 Å². The maximum atomic E-state index is 5.60. The summed E-state index contributed by atoms with van der Waals surface area (Å²) in [4.78, 5) is 0. The quantitative estimate of drug-likeness (QED) is 0.778. The first-order valence-corrected chi connectivity index (χ1v) is 5.44. The molecule has 0 saturated carbocycles. The molecule has 0 spiro atoms. The summed E-state index contributed by atoms with van der Waals surface area (Å²) in [6, 6.07) is 8.32. The van der Waals surface area contributed by atoms with E-state index in [2.05, 4.69) is 47.1 Å². The summed E-state index contributed by atoms with van der Waals surface area (Å²) in [5, 5.41) is 0. The van der Waals surface area contributed by atoms with E-state index in [1.54, 1.807) is 0 Å². The average molecular weight is 243 g/mol. The highest BCUT2D eigenvalue weighted by molar-refractivity contribution is 9.10. The van der Waals surface area contributed by atoms with Crippen LogP contribution in [0.5, 0.6) is 0 Å². The van der Waals surface area contributed by atoms with Crippen LogP contribution in [0.4, 0.5) is 0 Å². The number of rotatable bonds is 4. The third-order valence-corrected chi connectivity index (χ3v) is 2.51. The van der Waals surface area contributed by atoms with Gasteiger partial charge in [-0.1, -0.05) is 35.0 Å². The second kappa shape index (κ2) is 5.40. The Labute approximate surface area is 88.2 Å². The maximum Gasteiger partial charge on any atom is 0.0822 e. The Kier molecular flexibility index (Phi) is 4.46. The molecule has 0 aliphatic heterocycles. The van der Waals surface area contributed by atoms with Gasteiger partial charge >= 0.3 is 0 Å². The Morgan fingerprint density at radius 1 is 1.23 bits per heavy atom. The third-order valence-electron chi connectivity index (χ3n) is 1.98. The molecule has 0 aliphatic carbocycles. The molecule has 0 heterocycles. The van der Waals surface area contributed by atoms with Gasteiger partial charge in [0.1, 0.15) is 0 Å². The van der Waals surface area contributed by atoms with Gasteiger partial charge in [-0.05, 0) is 31.0 Å². The smallest absolute Gasteiger partial charge is 0.0822 e. The minimum absolute atomic E-state index is 0.248. The lowest BCUT2D eigenvalue weighted by molar-refractivity contribution is 0.0598. The normalized spacial score (nSPS) is 12.8. The van der Waals surface area contributed by atoms with Gasteiger partial charge in [0, 0.05) is 11.1 Å². The molecule has 0 N–H and O–H groups in total. The van der Waals surface area contributed by atoms with E-state index in [1.165, 1.54) is 5.56 Å². The molecule has 0 fully saturated rings. The van der Waals surface area contributed by atoms with Crippen molar-refractivity contribution in [2.45, 2.75) is 26.4 Å². The predicted octanol–water partition coefficient (Wildman–Crippen LogP) is 3.94. The van der Waals surface area contributed by atoms with E-state index in [0.29, 0.717) is 0 Å². The van der Waals surface area contributed by atoms with Crippen molar-refractivity contribution >= 4 is 15.9 Å². The molecule has 13 heavy (non-hydrogen) atoms. The fraction of sp³-hybridized carbons (Fsp3) is 0.455. The van der Waals surface area contributed by atoms with E-state index in [9.17, 15) is 0 Å². The Bertz CT molecular complexity index is 243. The van der Waals surface area contributed by atoms with Gasteiger partial charge in [-0.25, -0.2) is 0 Å². The first-order chi connectivity index (χ1) is 6.27. The van der Waals surface area contributed by atoms with Crippen molar-refractivity contribution < 1.29 is 4.74 Å². The van der Waals surface area contributed by atoms with Crippen LogP contribution in [0.1, 0.15) is 31.9 Å². The highest BCUT2D eigenvalue weighted by Crippen LogP contribution is 2.22. The third kappa shape index (κ3) is 3.12. The van der Waals surface area contributed by atoms with Gasteiger partial charge in [0.2, 0.25) is 0 Å². The van der Waals surface area contributed by atoms with E-state index in [0.717, 1.165) is 17.5 Å². The largest absolute Gasteiger partial charge is 0.374 e. The van der Waals surface area contributed by atoms with Crippen molar-refractivity contribution in [2.75, 3.05) is 6.61 Å². The number of benzene rings is 1. The lowest BCUT2D eigenvalue weighted by atomic mass is 10.1. The van der Waals surface area contributed by atoms with E-state index in [-0.39, 0.29) is 6.10 Å². The Morgan fingerprint density at radius 2 is 1.85 bits per heavy atom. The average Bonchev–Trinajstić information content (AvgIpc) is 2.16. The Hall–Kier alpha value is -0.340. The summed E-state index contributed by atoms with van der Waals surface area (Å²) < 4.78 is 6.72. The molecule has 2 heteroatoms. The van der Waals surface area contributed by atoms with Gasteiger partial charge in [0.05, 0.1) is 6.10 Å². The van der Waals surface area contributed by atoms with Gasteiger partial charge in [0.15, 0.2) is 0 Å². The zero-order chi connectivity index (χ0) is 9.68. The Morgan fingerprint density at radius 3 is 2.31 bits per heavy atom. The van der Waals surface area contributed by atoms with Crippen molar-refractivity contribution in [3.05, 3.63) is 34.3 Å². The van der Waals surface area contributed by atoms with Gasteiger partial charge in [0.25, 0.3) is 0 Å². The van der Waals surface area contributed by atoms with Crippen LogP contribution in [0.2, 0.25) is 0 Å². The molecule has 0 aromatic heterocycles. The summed E-state index contributed by atoms with van der Waals surface area (Å²) in [7, 11) is 0. The lowest BCUT2D eigenvalue weighted by Crippen LogP contribution is -2.02. The van der Waals surface area contributed by atoms with Crippen LogP contribution in [-0.2, 0) is 4.74 Å². The zero-order valence-corrected chi connectivity index (χ0v) is 9.67. The first-order valence-electron chi connectivity index (χ1n) is 4.65. The topological polar surface area (TPSA) is 9.23 Å². The molecular formula is C11H15BrO. The lowest BCUT2D eigenvalue weighted by Gasteiger charge is -2.15. The molecule has 0 unspecified atom stereocenters. The SMILES string of the molecule is CCO[C@@H](CC)c1ccc(Br)cc1. The van der Waals surface area contributed by atoms with Crippen LogP contribution in [0, 0.1) is 0 Å². The second-order valence-corrected chi connectivity index (χ2v) is 3.82. The van der Waals surface area contributed by atoms with Crippen molar-refractivity contribution in [1.82, 2.24) is 0 Å². The summed E-state index contributed by atoms with van der Waals surface area (Å²) >= 11 is 3.41. The minimum atomic E-state index is 0.248. The number of hydrogen-bond acceptors (Lipinski definition) is 1. The molecule has 1 aromatic rings. The van der Waals surface area contributed by atoms with E-state index < -0.39 is 0 Å². The predicted molar refractivity (Wildman–Crippen MR) is 58.8 cm³/mol. The number of halogens is 1. The Balaban J connectivity index is 2.73. The van der Waals surface area contributed by atoms with E-state index in [4.69, 9.17) is 4.74 Å². The van der Waals surface area contributed by atoms with E-state index in [1.807, 2.05) is 6.92 Å². The zero-order valence-electron chi connectivity index (χ0n) is 8.09. The van der Waals surface area contributed by atoms with Gasteiger partial charge in [-0.15, -0.1) is 0 Å². The summed E-state index contributed by atoms with van der Waals surface area (Å²) in [6.45, 7) is 4.94. The molecular weight excluding hydrogens is 228 g/mol. The van der Waals surface area contributed by atoms with Crippen LogP contribution in [0.15, 0.2) is 28.7 Å². The summed E-state index contributed by atoms with van der Waals surface area (Å²) in [5.74, 6) is 0. The second-order valence-electron chi connectivity index (χ2n) is 2.90. The fourth-order valence-electron chi connectivity index (χ4n) is 1.33. The number of hydrogen-bond donors (Lipinski definition) is 0. The van der Waals surface area contributed by atoms with Gasteiger partial charge in [-0.3, -0.25) is 0 Å². The van der Waals surface area contributed by atoms with Crippen LogP contribution in [0.3, 0.4) is 0 Å². The van der Waals surface area contributed by atoms with E-state index >= 15 is 0 Å². The maximum absolute atomic E-state index is 5.60. The first kappa shape index (κ1) is 10.7. The van der Waals surface area contributed by atoms with Crippen LogP contribution in [-0.4, -0.2) is 6.61 Å². The highest BCUT2D eigenvalue weighted by Gasteiger charge is 2.07. The van der Waals surface area contributed by atoms with Crippen LogP contribution in [0.25, 0.3) is 0 Å². The summed E-state index contributed by atoms with van der Waals surface area (Å²) in [6.07, 6.45) is 1.27. The van der Waals surface area contributed by atoms with Crippen molar-refractivity contribution in [1.29, 1.82) is 0 Å². The molecule has 0 amide bonds. The molecule has 0 radical (unpaired) electrons. The highest BCUT2D eigenvalue weighted by atomic mass is 79.9. The molecule has 1 nitrogen and oxygen atoms in total. The minimum Gasteiger partial charge on any atom is -0.374 e. The molecule has 72 valence electrons. The molecule has 0 bridgehead atoms. The van der Waals surface area contributed by atoms with Gasteiger partial charge < -0.3 is 4.74 Å². The molecule has 0 saturated heterocycles. The van der Waals surface area contributed by atoms with Crippen molar-refractivity contribution in [3.8, 4) is 0 Å². The molecule has 1 rings (SSSR count). The van der Waals surface area contributed by atoms with Crippen LogP contribution < -0.4 is 0 Å². The van der Waals surface area contributed by atoms with Gasteiger partial charge in [-0.2, -0.15) is 0 Å². The monoisotopic (exact) mass is 242 g/mol.